The molecule has 1 aromatic carbocycles. The van der Waals surface area contributed by atoms with E-state index in [4.69, 9.17) is 10.5 Å². The molecule has 1 heterocycles. The van der Waals surface area contributed by atoms with Crippen molar-refractivity contribution in [1.29, 1.82) is 0 Å². The lowest BCUT2D eigenvalue weighted by molar-refractivity contribution is 0.411. The molecule has 1 unspecified atom stereocenters. The molecule has 5 heteroatoms. The first-order valence-electron chi connectivity index (χ1n) is 6.48. The molecule has 0 amide bonds. The lowest BCUT2D eigenvalue weighted by Gasteiger charge is -2.07. The maximum Gasteiger partial charge on any atom is 0.121 e. The van der Waals surface area contributed by atoms with Crippen LogP contribution < -0.4 is 10.5 Å². The predicted octanol–water partition coefficient (Wildman–Crippen LogP) is 2.38. The second-order valence-electron chi connectivity index (χ2n) is 4.64. The van der Waals surface area contributed by atoms with Crippen LogP contribution >= 0.6 is 0 Å². The highest BCUT2D eigenvalue weighted by Crippen LogP contribution is 2.21. The molecule has 0 bridgehead atoms. The number of aryl methyl sites for hydroxylation is 1. The first kappa shape index (κ1) is 13.5. The highest BCUT2D eigenvalue weighted by Gasteiger charge is 2.11. The number of aromatic nitrogens is 3. The Morgan fingerprint density at radius 1 is 1.42 bits per heavy atom. The van der Waals surface area contributed by atoms with E-state index in [2.05, 4.69) is 17.2 Å². The third-order valence-corrected chi connectivity index (χ3v) is 3.13. The van der Waals surface area contributed by atoms with Crippen LogP contribution in [0.15, 0.2) is 24.4 Å². The first-order chi connectivity index (χ1) is 9.15. The number of methoxy groups -OCH3 is 1. The molecule has 19 heavy (non-hydrogen) atoms. The number of nitrogens with zero attached hydrogens (tertiary/aromatic N) is 3. The normalized spacial score (nSPS) is 12.4. The topological polar surface area (TPSA) is 66.0 Å². The number of ether oxygens (including phenoxy) is 1. The summed E-state index contributed by atoms with van der Waals surface area (Å²) in [4.78, 5) is 0. The van der Waals surface area contributed by atoms with E-state index in [0.717, 1.165) is 35.5 Å². The van der Waals surface area contributed by atoms with Crippen LogP contribution in [0.4, 0.5) is 0 Å². The minimum absolute atomic E-state index is 0.0434. The third-order valence-electron chi connectivity index (χ3n) is 3.13. The fourth-order valence-electron chi connectivity index (χ4n) is 2.04. The van der Waals surface area contributed by atoms with Crippen LogP contribution in [0, 0.1) is 6.92 Å². The van der Waals surface area contributed by atoms with Gasteiger partial charge in [-0.15, -0.1) is 5.10 Å². The van der Waals surface area contributed by atoms with E-state index in [0.29, 0.717) is 0 Å². The van der Waals surface area contributed by atoms with Crippen LogP contribution in [0.2, 0.25) is 0 Å². The van der Waals surface area contributed by atoms with Crippen molar-refractivity contribution in [2.75, 3.05) is 7.11 Å². The van der Waals surface area contributed by atoms with Gasteiger partial charge in [-0.1, -0.05) is 18.6 Å². The van der Waals surface area contributed by atoms with E-state index in [-0.39, 0.29) is 6.04 Å². The average Bonchev–Trinajstić information content (AvgIpc) is 2.88. The number of rotatable bonds is 5. The molecule has 0 aliphatic carbocycles. The molecule has 102 valence electrons. The van der Waals surface area contributed by atoms with E-state index in [1.807, 2.05) is 31.3 Å². The second kappa shape index (κ2) is 5.84. The summed E-state index contributed by atoms with van der Waals surface area (Å²) in [6.45, 7) is 4.11. The first-order valence-corrected chi connectivity index (χ1v) is 6.48. The molecule has 2 aromatic rings. The molecule has 1 aromatic heterocycles. The maximum absolute atomic E-state index is 6.04. The summed E-state index contributed by atoms with van der Waals surface area (Å²) in [6, 6.07) is 5.86. The van der Waals surface area contributed by atoms with E-state index in [9.17, 15) is 0 Å². The fourth-order valence-corrected chi connectivity index (χ4v) is 2.04. The predicted molar refractivity (Wildman–Crippen MR) is 74.5 cm³/mol. The summed E-state index contributed by atoms with van der Waals surface area (Å²) < 4.78 is 6.99. The summed E-state index contributed by atoms with van der Waals surface area (Å²) in [7, 11) is 1.67. The van der Waals surface area contributed by atoms with Crippen molar-refractivity contribution in [3.63, 3.8) is 0 Å². The Labute approximate surface area is 113 Å². The number of nitrogens with two attached hydrogens (primary N) is 1. The largest absolute Gasteiger partial charge is 0.496 e. The molecule has 0 radical (unpaired) electrons. The highest BCUT2D eigenvalue weighted by atomic mass is 16.5. The molecule has 0 aliphatic rings. The van der Waals surface area contributed by atoms with Gasteiger partial charge >= 0.3 is 0 Å². The van der Waals surface area contributed by atoms with Gasteiger partial charge in [0.05, 0.1) is 30.7 Å². The molecule has 0 saturated heterocycles. The van der Waals surface area contributed by atoms with Gasteiger partial charge in [0.25, 0.3) is 0 Å². The van der Waals surface area contributed by atoms with Gasteiger partial charge in [-0.05, 0) is 37.1 Å². The van der Waals surface area contributed by atoms with Crippen molar-refractivity contribution in [3.05, 3.63) is 35.7 Å². The van der Waals surface area contributed by atoms with Crippen LogP contribution in [0.3, 0.4) is 0 Å². The monoisotopic (exact) mass is 260 g/mol. The van der Waals surface area contributed by atoms with Gasteiger partial charge in [0.2, 0.25) is 0 Å². The van der Waals surface area contributed by atoms with E-state index in [1.54, 1.807) is 11.8 Å². The van der Waals surface area contributed by atoms with Crippen molar-refractivity contribution in [2.24, 2.45) is 5.73 Å². The molecule has 0 aliphatic heterocycles. The lowest BCUT2D eigenvalue weighted by Crippen LogP contribution is -2.10. The quantitative estimate of drug-likeness (QED) is 0.896. The van der Waals surface area contributed by atoms with Crippen LogP contribution in [-0.4, -0.2) is 22.1 Å². The van der Waals surface area contributed by atoms with Crippen molar-refractivity contribution in [1.82, 2.24) is 15.0 Å². The average molecular weight is 260 g/mol. The van der Waals surface area contributed by atoms with Crippen molar-refractivity contribution >= 4 is 0 Å². The van der Waals surface area contributed by atoms with Gasteiger partial charge < -0.3 is 10.5 Å². The number of benzene rings is 1. The zero-order valence-electron chi connectivity index (χ0n) is 11.6. The summed E-state index contributed by atoms with van der Waals surface area (Å²) >= 11 is 0. The Kier molecular flexibility index (Phi) is 4.16. The minimum Gasteiger partial charge on any atom is -0.496 e. The number of hydrogen-bond acceptors (Lipinski definition) is 4. The Bertz CT molecular complexity index is 550. The Morgan fingerprint density at radius 2 is 2.21 bits per heavy atom. The highest BCUT2D eigenvalue weighted by molar-refractivity contribution is 5.43. The lowest BCUT2D eigenvalue weighted by atomic mass is 10.1. The number of hydrogen-bond donors (Lipinski definition) is 1. The SMILES string of the molecule is CCCC(N)c1cn(-c2ccc(OC)c(C)c2)nn1. The molecule has 5 nitrogen and oxygen atoms in total. The van der Waals surface area contributed by atoms with Crippen LogP contribution in [0.5, 0.6) is 5.75 Å². The third kappa shape index (κ3) is 2.93. The summed E-state index contributed by atoms with van der Waals surface area (Å²) in [5.41, 5.74) is 8.89. The Hall–Kier alpha value is -1.88. The summed E-state index contributed by atoms with van der Waals surface area (Å²) in [6.07, 6.45) is 3.84. The van der Waals surface area contributed by atoms with Crippen molar-refractivity contribution in [3.8, 4) is 11.4 Å². The minimum atomic E-state index is -0.0434. The zero-order chi connectivity index (χ0) is 13.8. The smallest absolute Gasteiger partial charge is 0.121 e. The molecule has 2 rings (SSSR count). The molecule has 0 fully saturated rings. The van der Waals surface area contributed by atoms with Crippen LogP contribution in [0.1, 0.15) is 37.1 Å². The standard InChI is InChI=1S/C14H20N4O/c1-4-5-12(15)13-9-18(17-16-13)11-6-7-14(19-3)10(2)8-11/h6-9,12H,4-5,15H2,1-3H3. The van der Waals surface area contributed by atoms with Gasteiger partial charge in [-0.25, -0.2) is 4.68 Å². The van der Waals surface area contributed by atoms with E-state index >= 15 is 0 Å². The summed E-state index contributed by atoms with van der Waals surface area (Å²) in [5, 5.41) is 8.27. The second-order valence-corrected chi connectivity index (χ2v) is 4.64. The van der Waals surface area contributed by atoms with Gasteiger partial charge in [0.1, 0.15) is 5.75 Å². The van der Waals surface area contributed by atoms with Gasteiger partial charge in [-0.2, -0.15) is 0 Å². The zero-order valence-corrected chi connectivity index (χ0v) is 11.6. The van der Waals surface area contributed by atoms with Crippen molar-refractivity contribution < 1.29 is 4.74 Å². The Morgan fingerprint density at radius 3 is 2.84 bits per heavy atom. The Balaban J connectivity index is 2.25. The van der Waals surface area contributed by atoms with Crippen LogP contribution in [0.25, 0.3) is 5.69 Å². The molecule has 0 spiro atoms. The molecule has 2 N–H and O–H groups in total. The van der Waals surface area contributed by atoms with Gasteiger partial charge in [-0.3, -0.25) is 0 Å². The molecular formula is C14H20N4O. The molecular weight excluding hydrogens is 240 g/mol. The maximum atomic E-state index is 6.04. The van der Waals surface area contributed by atoms with E-state index < -0.39 is 0 Å². The van der Waals surface area contributed by atoms with Gasteiger partial charge in [0, 0.05) is 0 Å². The fraction of sp³-hybridized carbons (Fsp3) is 0.429. The summed E-state index contributed by atoms with van der Waals surface area (Å²) in [5.74, 6) is 0.867. The van der Waals surface area contributed by atoms with Gasteiger partial charge in [0.15, 0.2) is 0 Å². The van der Waals surface area contributed by atoms with Crippen molar-refractivity contribution in [2.45, 2.75) is 32.7 Å². The van der Waals surface area contributed by atoms with Crippen LogP contribution in [-0.2, 0) is 0 Å². The van der Waals surface area contributed by atoms with E-state index in [1.165, 1.54) is 0 Å². The molecule has 0 saturated carbocycles. The molecule has 1 atom stereocenters.